The quantitative estimate of drug-likeness (QED) is 0.770. The van der Waals surface area contributed by atoms with Crippen LogP contribution in [0.15, 0.2) is 42.5 Å². The lowest BCUT2D eigenvalue weighted by Crippen LogP contribution is -2.25. The minimum absolute atomic E-state index is 0.0285. The second-order valence-electron chi connectivity index (χ2n) is 7.37. The molecule has 2 aliphatic rings. The van der Waals surface area contributed by atoms with Crippen molar-refractivity contribution in [2.24, 2.45) is 5.92 Å². The highest BCUT2D eigenvalue weighted by molar-refractivity contribution is 5.96. The van der Waals surface area contributed by atoms with Crippen molar-refractivity contribution >= 4 is 11.6 Å². The van der Waals surface area contributed by atoms with Gasteiger partial charge in [0.2, 0.25) is 0 Å². The third kappa shape index (κ3) is 3.87. The summed E-state index contributed by atoms with van der Waals surface area (Å²) in [5.74, 6) is 1.52. The molecule has 1 unspecified atom stereocenters. The SMILES string of the molecule is O=C(NCCCC1CCN(c2cccc3c2CCO3)C1)c1ccccc1O. The van der Waals surface area contributed by atoms with E-state index >= 15 is 0 Å². The minimum Gasteiger partial charge on any atom is -0.507 e. The standard InChI is InChI=1S/C22H26N2O3/c25-20-8-2-1-6-18(20)22(26)23-12-4-5-16-10-13-24(15-16)19-7-3-9-21-17(19)11-14-27-21/h1-3,6-9,16,25H,4-5,10-15H2,(H,23,26). The van der Waals surface area contributed by atoms with E-state index in [0.717, 1.165) is 44.7 Å². The monoisotopic (exact) mass is 366 g/mol. The van der Waals surface area contributed by atoms with Gasteiger partial charge in [0.15, 0.2) is 0 Å². The van der Waals surface area contributed by atoms with Crippen molar-refractivity contribution in [1.29, 1.82) is 0 Å². The number of rotatable bonds is 6. The summed E-state index contributed by atoms with van der Waals surface area (Å²) in [5.41, 5.74) is 3.03. The molecule has 0 aliphatic carbocycles. The second kappa shape index (κ2) is 7.91. The summed E-state index contributed by atoms with van der Waals surface area (Å²) in [7, 11) is 0. The first-order chi connectivity index (χ1) is 13.2. The molecule has 2 heterocycles. The van der Waals surface area contributed by atoms with Crippen molar-refractivity contribution in [3.63, 3.8) is 0 Å². The van der Waals surface area contributed by atoms with Crippen LogP contribution in [0.25, 0.3) is 0 Å². The summed E-state index contributed by atoms with van der Waals surface area (Å²) in [4.78, 5) is 14.6. The fourth-order valence-corrected chi connectivity index (χ4v) is 4.14. The lowest BCUT2D eigenvalue weighted by Gasteiger charge is -2.21. The molecule has 0 radical (unpaired) electrons. The Morgan fingerprint density at radius 3 is 3.00 bits per heavy atom. The van der Waals surface area contributed by atoms with Crippen molar-refractivity contribution in [2.45, 2.75) is 25.7 Å². The molecule has 0 bridgehead atoms. The molecule has 2 aromatic rings. The summed E-state index contributed by atoms with van der Waals surface area (Å²) in [6.07, 6.45) is 4.25. The third-order valence-corrected chi connectivity index (χ3v) is 5.57. The molecule has 27 heavy (non-hydrogen) atoms. The number of benzene rings is 2. The van der Waals surface area contributed by atoms with Crippen LogP contribution in [0.3, 0.4) is 0 Å². The van der Waals surface area contributed by atoms with Gasteiger partial charge in [-0.05, 0) is 49.4 Å². The number of nitrogens with zero attached hydrogens (tertiary/aromatic N) is 1. The van der Waals surface area contributed by atoms with E-state index in [-0.39, 0.29) is 11.7 Å². The number of amides is 1. The van der Waals surface area contributed by atoms with Gasteiger partial charge >= 0.3 is 0 Å². The molecule has 5 heteroatoms. The van der Waals surface area contributed by atoms with Crippen LogP contribution in [0.5, 0.6) is 11.5 Å². The Labute approximate surface area is 160 Å². The number of phenols is 1. The first kappa shape index (κ1) is 17.7. The fourth-order valence-electron chi connectivity index (χ4n) is 4.14. The maximum absolute atomic E-state index is 12.1. The highest BCUT2D eigenvalue weighted by atomic mass is 16.5. The van der Waals surface area contributed by atoms with Crippen LogP contribution >= 0.6 is 0 Å². The lowest BCUT2D eigenvalue weighted by atomic mass is 10.0. The van der Waals surface area contributed by atoms with Gasteiger partial charge in [-0.3, -0.25) is 4.79 Å². The molecule has 5 nitrogen and oxygen atoms in total. The predicted octanol–water partition coefficient (Wildman–Crippen LogP) is 3.36. The highest BCUT2D eigenvalue weighted by Crippen LogP contribution is 2.36. The molecule has 1 amide bonds. The smallest absolute Gasteiger partial charge is 0.255 e. The molecule has 1 atom stereocenters. The van der Waals surface area contributed by atoms with Crippen LogP contribution in [0.4, 0.5) is 5.69 Å². The van der Waals surface area contributed by atoms with Gasteiger partial charge in [0, 0.05) is 37.3 Å². The maximum atomic E-state index is 12.1. The Morgan fingerprint density at radius 2 is 2.11 bits per heavy atom. The van der Waals surface area contributed by atoms with Gasteiger partial charge < -0.3 is 20.1 Å². The van der Waals surface area contributed by atoms with Gasteiger partial charge in [-0.2, -0.15) is 0 Å². The predicted molar refractivity (Wildman–Crippen MR) is 106 cm³/mol. The molecule has 142 valence electrons. The number of aromatic hydroxyl groups is 1. The Morgan fingerprint density at radius 1 is 1.22 bits per heavy atom. The number of para-hydroxylation sites is 1. The molecular weight excluding hydrogens is 340 g/mol. The Kier molecular flexibility index (Phi) is 5.19. The van der Waals surface area contributed by atoms with Crippen molar-refractivity contribution in [3.05, 3.63) is 53.6 Å². The highest BCUT2D eigenvalue weighted by Gasteiger charge is 2.26. The molecule has 2 aliphatic heterocycles. The van der Waals surface area contributed by atoms with E-state index in [2.05, 4.69) is 28.4 Å². The van der Waals surface area contributed by atoms with Crippen molar-refractivity contribution < 1.29 is 14.6 Å². The summed E-state index contributed by atoms with van der Waals surface area (Å²) >= 11 is 0. The number of fused-ring (bicyclic) bond motifs is 1. The number of phenolic OH excluding ortho intramolecular Hbond substituents is 1. The number of anilines is 1. The van der Waals surface area contributed by atoms with E-state index in [4.69, 9.17) is 4.74 Å². The average molecular weight is 366 g/mol. The number of nitrogens with one attached hydrogen (secondary N) is 1. The van der Waals surface area contributed by atoms with Crippen molar-refractivity contribution in [3.8, 4) is 11.5 Å². The Balaban J connectivity index is 1.24. The van der Waals surface area contributed by atoms with Crippen molar-refractivity contribution in [2.75, 3.05) is 31.1 Å². The summed E-state index contributed by atoms with van der Waals surface area (Å²) in [5, 5.41) is 12.7. The lowest BCUT2D eigenvalue weighted by molar-refractivity contribution is 0.0950. The number of ether oxygens (including phenoxy) is 1. The van der Waals surface area contributed by atoms with Gasteiger partial charge in [-0.25, -0.2) is 0 Å². The molecule has 0 saturated carbocycles. The van der Waals surface area contributed by atoms with Crippen LogP contribution in [0.1, 0.15) is 35.2 Å². The normalized spacial score (nSPS) is 18.2. The first-order valence-electron chi connectivity index (χ1n) is 9.78. The van der Waals surface area contributed by atoms with Crippen LogP contribution in [0.2, 0.25) is 0 Å². The summed E-state index contributed by atoms with van der Waals surface area (Å²) < 4.78 is 5.69. The number of carbonyl (C=O) groups excluding carboxylic acids is 1. The van der Waals surface area contributed by atoms with Crippen LogP contribution in [0, 0.1) is 5.92 Å². The molecule has 1 saturated heterocycles. The van der Waals surface area contributed by atoms with Gasteiger partial charge in [-0.1, -0.05) is 18.2 Å². The Hall–Kier alpha value is -2.69. The maximum Gasteiger partial charge on any atom is 0.255 e. The van der Waals surface area contributed by atoms with Gasteiger partial charge in [0.05, 0.1) is 12.2 Å². The number of carbonyl (C=O) groups is 1. The first-order valence-corrected chi connectivity index (χ1v) is 9.78. The molecule has 0 spiro atoms. The van der Waals surface area contributed by atoms with E-state index in [1.165, 1.54) is 23.7 Å². The van der Waals surface area contributed by atoms with E-state index in [1.54, 1.807) is 18.2 Å². The summed E-state index contributed by atoms with van der Waals surface area (Å²) in [6.45, 7) is 3.59. The van der Waals surface area contributed by atoms with Gasteiger partial charge in [0.25, 0.3) is 5.91 Å². The number of hydrogen-bond acceptors (Lipinski definition) is 4. The van der Waals surface area contributed by atoms with E-state index in [1.807, 2.05) is 0 Å². The summed E-state index contributed by atoms with van der Waals surface area (Å²) in [6, 6.07) is 13.0. The van der Waals surface area contributed by atoms with Gasteiger partial charge in [0.1, 0.15) is 11.5 Å². The fraction of sp³-hybridized carbons (Fsp3) is 0.409. The number of hydrogen-bond donors (Lipinski definition) is 2. The molecule has 4 rings (SSSR count). The third-order valence-electron chi connectivity index (χ3n) is 5.57. The zero-order valence-corrected chi connectivity index (χ0v) is 15.5. The average Bonchev–Trinajstić information content (AvgIpc) is 3.34. The Bertz CT molecular complexity index is 821. The van der Waals surface area contributed by atoms with E-state index < -0.39 is 0 Å². The molecule has 2 aromatic carbocycles. The molecule has 1 fully saturated rings. The zero-order valence-electron chi connectivity index (χ0n) is 15.5. The van der Waals surface area contributed by atoms with Crippen LogP contribution in [-0.2, 0) is 6.42 Å². The molecule has 0 aromatic heterocycles. The second-order valence-corrected chi connectivity index (χ2v) is 7.37. The topological polar surface area (TPSA) is 61.8 Å². The van der Waals surface area contributed by atoms with Crippen molar-refractivity contribution in [1.82, 2.24) is 5.32 Å². The van der Waals surface area contributed by atoms with Crippen LogP contribution < -0.4 is 15.0 Å². The van der Waals surface area contributed by atoms with E-state index in [9.17, 15) is 9.90 Å². The van der Waals surface area contributed by atoms with E-state index in [0.29, 0.717) is 18.0 Å². The van der Waals surface area contributed by atoms with Crippen LogP contribution in [-0.4, -0.2) is 37.3 Å². The van der Waals surface area contributed by atoms with Gasteiger partial charge in [-0.15, -0.1) is 0 Å². The largest absolute Gasteiger partial charge is 0.507 e. The molecule has 2 N–H and O–H groups in total. The zero-order chi connectivity index (χ0) is 18.6. The molecular formula is C22H26N2O3. The minimum atomic E-state index is -0.207.